The van der Waals surface area contributed by atoms with Crippen molar-refractivity contribution in [1.82, 2.24) is 10.3 Å². The molecular formula is C15H17ClN2O2S. The maximum absolute atomic E-state index is 12.5. The number of thioether (sulfide) groups is 1. The van der Waals surface area contributed by atoms with Crippen molar-refractivity contribution in [2.75, 3.05) is 12.9 Å². The number of nitrogens with one attached hydrogen (secondary N) is 1. The van der Waals surface area contributed by atoms with Crippen molar-refractivity contribution in [3.63, 3.8) is 0 Å². The van der Waals surface area contributed by atoms with Gasteiger partial charge in [-0.05, 0) is 31.4 Å². The molecule has 2 unspecified atom stereocenters. The van der Waals surface area contributed by atoms with Gasteiger partial charge in [0.05, 0.1) is 17.7 Å². The van der Waals surface area contributed by atoms with Crippen molar-refractivity contribution in [1.29, 1.82) is 0 Å². The molecule has 2 rings (SSSR count). The summed E-state index contributed by atoms with van der Waals surface area (Å²) in [7, 11) is 0. The summed E-state index contributed by atoms with van der Waals surface area (Å²) < 4.78 is 0. The van der Waals surface area contributed by atoms with E-state index in [0.717, 1.165) is 5.39 Å². The van der Waals surface area contributed by atoms with E-state index in [1.165, 1.54) is 11.8 Å². The molecule has 6 heteroatoms. The molecule has 112 valence electrons. The Morgan fingerprint density at radius 2 is 2.29 bits per heavy atom. The molecule has 0 aliphatic carbocycles. The second-order valence-corrected chi connectivity index (χ2v) is 6.26. The maximum atomic E-state index is 12.5. The fraction of sp³-hybridized carbons (Fsp3) is 0.333. The molecule has 0 fully saturated rings. The first-order valence-electron chi connectivity index (χ1n) is 6.55. The minimum absolute atomic E-state index is 0.0111. The van der Waals surface area contributed by atoms with E-state index in [1.54, 1.807) is 24.4 Å². The lowest BCUT2D eigenvalue weighted by Crippen LogP contribution is -2.41. The van der Waals surface area contributed by atoms with Crippen LogP contribution in [0.1, 0.15) is 17.3 Å². The molecule has 0 bridgehead atoms. The number of rotatable bonds is 5. The third-order valence-electron chi connectivity index (χ3n) is 3.31. The van der Waals surface area contributed by atoms with E-state index >= 15 is 0 Å². The number of carbonyl (C=O) groups is 1. The second kappa shape index (κ2) is 7.11. The van der Waals surface area contributed by atoms with Gasteiger partial charge >= 0.3 is 0 Å². The van der Waals surface area contributed by atoms with Crippen molar-refractivity contribution < 1.29 is 9.90 Å². The van der Waals surface area contributed by atoms with E-state index in [9.17, 15) is 9.90 Å². The SMILES string of the molecule is CSC(CO)C(C)NC(=O)c1cc(Cl)cc2cccnc12. The van der Waals surface area contributed by atoms with Gasteiger partial charge in [0.1, 0.15) is 0 Å². The quantitative estimate of drug-likeness (QED) is 0.887. The second-order valence-electron chi connectivity index (χ2n) is 4.75. The van der Waals surface area contributed by atoms with Crippen LogP contribution >= 0.6 is 23.4 Å². The highest BCUT2D eigenvalue weighted by atomic mass is 35.5. The minimum atomic E-state index is -0.235. The van der Waals surface area contributed by atoms with Crippen LogP contribution in [-0.4, -0.2) is 40.2 Å². The van der Waals surface area contributed by atoms with E-state index < -0.39 is 0 Å². The van der Waals surface area contributed by atoms with Crippen LogP contribution in [0.25, 0.3) is 10.9 Å². The zero-order valence-corrected chi connectivity index (χ0v) is 13.4. The Kier molecular flexibility index (Phi) is 5.45. The molecule has 4 nitrogen and oxygen atoms in total. The van der Waals surface area contributed by atoms with E-state index in [-0.39, 0.29) is 23.8 Å². The number of hydrogen-bond donors (Lipinski definition) is 2. The van der Waals surface area contributed by atoms with Crippen molar-refractivity contribution >= 4 is 40.2 Å². The van der Waals surface area contributed by atoms with Crippen LogP contribution in [0.4, 0.5) is 0 Å². The molecule has 2 atom stereocenters. The number of aliphatic hydroxyl groups is 1. The predicted octanol–water partition coefficient (Wildman–Crippen LogP) is 2.73. The first-order chi connectivity index (χ1) is 10.1. The van der Waals surface area contributed by atoms with Crippen LogP contribution in [0.5, 0.6) is 0 Å². The summed E-state index contributed by atoms with van der Waals surface area (Å²) in [6, 6.07) is 6.91. The summed E-state index contributed by atoms with van der Waals surface area (Å²) >= 11 is 7.59. The Labute approximate surface area is 132 Å². The van der Waals surface area contributed by atoms with E-state index in [2.05, 4.69) is 10.3 Å². The van der Waals surface area contributed by atoms with Crippen molar-refractivity contribution in [3.8, 4) is 0 Å². The predicted molar refractivity (Wildman–Crippen MR) is 88.1 cm³/mol. The monoisotopic (exact) mass is 324 g/mol. The molecule has 0 aliphatic heterocycles. The summed E-state index contributed by atoms with van der Waals surface area (Å²) in [5.41, 5.74) is 1.07. The lowest BCUT2D eigenvalue weighted by Gasteiger charge is -2.21. The number of aromatic nitrogens is 1. The molecule has 0 saturated heterocycles. The molecule has 1 amide bonds. The molecule has 21 heavy (non-hydrogen) atoms. The summed E-state index contributed by atoms with van der Waals surface area (Å²) in [4.78, 5) is 16.7. The van der Waals surface area contributed by atoms with Gasteiger partial charge in [0.25, 0.3) is 5.91 Å². The normalized spacial score (nSPS) is 13.9. The maximum Gasteiger partial charge on any atom is 0.253 e. The zero-order chi connectivity index (χ0) is 15.4. The third-order valence-corrected chi connectivity index (χ3v) is 4.69. The molecule has 1 aromatic heterocycles. The Morgan fingerprint density at radius 1 is 1.52 bits per heavy atom. The highest BCUT2D eigenvalue weighted by Crippen LogP contribution is 2.22. The lowest BCUT2D eigenvalue weighted by molar-refractivity contribution is 0.0937. The molecular weight excluding hydrogens is 308 g/mol. The molecule has 1 aromatic carbocycles. The average Bonchev–Trinajstić information content (AvgIpc) is 2.47. The summed E-state index contributed by atoms with van der Waals surface area (Å²) in [5, 5.41) is 13.5. The van der Waals surface area contributed by atoms with Crippen molar-refractivity contribution in [2.24, 2.45) is 0 Å². The number of benzene rings is 1. The number of fused-ring (bicyclic) bond motifs is 1. The fourth-order valence-electron chi connectivity index (χ4n) is 2.14. The molecule has 2 N–H and O–H groups in total. The van der Waals surface area contributed by atoms with Gasteiger partial charge in [-0.15, -0.1) is 0 Å². The Hall–Kier alpha value is -1.30. The molecule has 2 aromatic rings. The van der Waals surface area contributed by atoms with Crippen LogP contribution in [-0.2, 0) is 0 Å². The standard InChI is InChI=1S/C15H17ClN2O2S/c1-9(13(8-19)21-2)18-15(20)12-7-11(16)6-10-4-3-5-17-14(10)12/h3-7,9,13,19H,8H2,1-2H3,(H,18,20). The third kappa shape index (κ3) is 3.67. The van der Waals surface area contributed by atoms with Gasteiger partial charge in [0.15, 0.2) is 0 Å². The van der Waals surface area contributed by atoms with Gasteiger partial charge in [0, 0.05) is 27.9 Å². The summed E-state index contributed by atoms with van der Waals surface area (Å²) in [5.74, 6) is -0.235. The van der Waals surface area contributed by atoms with Crippen LogP contribution in [0, 0.1) is 0 Å². The highest BCUT2D eigenvalue weighted by Gasteiger charge is 2.20. The van der Waals surface area contributed by atoms with Gasteiger partial charge in [-0.3, -0.25) is 9.78 Å². The van der Waals surface area contributed by atoms with Crippen LogP contribution in [0.2, 0.25) is 5.02 Å². The largest absolute Gasteiger partial charge is 0.395 e. The fourth-order valence-corrected chi connectivity index (χ4v) is 3.00. The van der Waals surface area contributed by atoms with Gasteiger partial charge in [0.2, 0.25) is 0 Å². The average molecular weight is 325 g/mol. The van der Waals surface area contributed by atoms with Gasteiger partial charge in [-0.2, -0.15) is 11.8 Å². The number of pyridine rings is 1. The van der Waals surface area contributed by atoms with E-state index in [1.807, 2.05) is 19.2 Å². The van der Waals surface area contributed by atoms with Gasteiger partial charge < -0.3 is 10.4 Å². The topological polar surface area (TPSA) is 62.2 Å². The summed E-state index contributed by atoms with van der Waals surface area (Å²) in [6.45, 7) is 1.88. The Morgan fingerprint density at radius 3 is 2.95 bits per heavy atom. The molecule has 0 spiro atoms. The number of aliphatic hydroxyl groups excluding tert-OH is 1. The lowest BCUT2D eigenvalue weighted by atomic mass is 10.1. The zero-order valence-electron chi connectivity index (χ0n) is 11.8. The van der Waals surface area contributed by atoms with Crippen molar-refractivity contribution in [2.45, 2.75) is 18.2 Å². The van der Waals surface area contributed by atoms with Crippen LogP contribution in [0.15, 0.2) is 30.5 Å². The molecule has 1 heterocycles. The first kappa shape index (κ1) is 16.1. The number of carbonyl (C=O) groups excluding carboxylic acids is 1. The molecule has 0 saturated carbocycles. The Bertz CT molecular complexity index is 647. The van der Waals surface area contributed by atoms with Crippen LogP contribution < -0.4 is 5.32 Å². The smallest absolute Gasteiger partial charge is 0.253 e. The summed E-state index contributed by atoms with van der Waals surface area (Å²) in [6.07, 6.45) is 3.55. The van der Waals surface area contributed by atoms with Gasteiger partial charge in [-0.1, -0.05) is 17.7 Å². The minimum Gasteiger partial charge on any atom is -0.395 e. The van der Waals surface area contributed by atoms with Crippen LogP contribution in [0.3, 0.4) is 0 Å². The first-order valence-corrected chi connectivity index (χ1v) is 8.22. The number of nitrogens with zero attached hydrogens (tertiary/aromatic N) is 1. The van der Waals surface area contributed by atoms with E-state index in [0.29, 0.717) is 16.1 Å². The van der Waals surface area contributed by atoms with E-state index in [4.69, 9.17) is 11.6 Å². The Balaban J connectivity index is 2.31. The highest BCUT2D eigenvalue weighted by molar-refractivity contribution is 7.99. The number of hydrogen-bond acceptors (Lipinski definition) is 4. The number of amides is 1. The number of halogens is 1. The van der Waals surface area contributed by atoms with Crippen molar-refractivity contribution in [3.05, 3.63) is 41.0 Å². The van der Waals surface area contributed by atoms with Gasteiger partial charge in [-0.25, -0.2) is 0 Å². The molecule has 0 radical (unpaired) electrons. The molecule has 0 aliphatic rings.